The first kappa shape index (κ1) is 13.3. The predicted molar refractivity (Wildman–Crippen MR) is 76.2 cm³/mol. The predicted octanol–water partition coefficient (Wildman–Crippen LogP) is 1.04. The maximum absolute atomic E-state index is 12.2. The van der Waals surface area contributed by atoms with Crippen molar-refractivity contribution >= 4 is 11.6 Å². The molecule has 1 aromatic heterocycles. The van der Waals surface area contributed by atoms with E-state index in [1.54, 1.807) is 11.9 Å². The second-order valence-corrected chi connectivity index (χ2v) is 4.84. The highest BCUT2D eigenvalue weighted by molar-refractivity contribution is 5.96. The Kier molecular flexibility index (Phi) is 3.39. The lowest BCUT2D eigenvalue weighted by molar-refractivity contribution is 0.0780. The molecule has 3 rings (SSSR count). The molecule has 21 heavy (non-hydrogen) atoms. The van der Waals surface area contributed by atoms with E-state index in [0.29, 0.717) is 36.9 Å². The highest BCUT2D eigenvalue weighted by Gasteiger charge is 2.18. The van der Waals surface area contributed by atoms with E-state index in [0.717, 1.165) is 11.3 Å². The van der Waals surface area contributed by atoms with E-state index < -0.39 is 0 Å². The van der Waals surface area contributed by atoms with Crippen LogP contribution in [-0.4, -0.2) is 41.3 Å². The van der Waals surface area contributed by atoms with Gasteiger partial charge >= 0.3 is 0 Å². The minimum absolute atomic E-state index is 0.208. The lowest BCUT2D eigenvalue weighted by atomic mass is 10.1. The number of nitrogens with one attached hydrogen (secondary N) is 1. The van der Waals surface area contributed by atoms with Gasteiger partial charge in [0.25, 0.3) is 5.91 Å². The van der Waals surface area contributed by atoms with Crippen LogP contribution in [0.3, 0.4) is 0 Å². The number of carbonyl (C=O) groups excluding carboxylic acids is 1. The SMILES string of the molecule is CN(Cc1ccc2c(c1)OCCO2)C(=O)c1[nH]ncc1N. The third-order valence-electron chi connectivity index (χ3n) is 3.26. The van der Waals surface area contributed by atoms with Gasteiger partial charge in [0, 0.05) is 13.6 Å². The van der Waals surface area contributed by atoms with Crippen LogP contribution < -0.4 is 15.2 Å². The maximum atomic E-state index is 12.2. The Hall–Kier alpha value is -2.70. The molecule has 2 heterocycles. The Morgan fingerprint density at radius 1 is 1.38 bits per heavy atom. The molecule has 0 bridgehead atoms. The summed E-state index contributed by atoms with van der Waals surface area (Å²) in [6, 6.07) is 5.65. The van der Waals surface area contributed by atoms with Crippen molar-refractivity contribution in [3.05, 3.63) is 35.7 Å². The zero-order valence-corrected chi connectivity index (χ0v) is 11.6. The van der Waals surface area contributed by atoms with Gasteiger partial charge in [-0.2, -0.15) is 5.10 Å². The van der Waals surface area contributed by atoms with Crippen LogP contribution in [0.25, 0.3) is 0 Å². The van der Waals surface area contributed by atoms with Crippen molar-refractivity contribution < 1.29 is 14.3 Å². The van der Waals surface area contributed by atoms with E-state index in [1.807, 2.05) is 18.2 Å². The summed E-state index contributed by atoms with van der Waals surface area (Å²) < 4.78 is 11.0. The molecule has 0 saturated heterocycles. The molecular weight excluding hydrogens is 272 g/mol. The first-order chi connectivity index (χ1) is 10.1. The third-order valence-corrected chi connectivity index (χ3v) is 3.26. The van der Waals surface area contributed by atoms with Gasteiger partial charge in [-0.1, -0.05) is 6.07 Å². The number of rotatable bonds is 3. The van der Waals surface area contributed by atoms with Crippen molar-refractivity contribution in [3.63, 3.8) is 0 Å². The Labute approximate surface area is 121 Å². The quantitative estimate of drug-likeness (QED) is 0.880. The molecular formula is C14H16N4O3. The van der Waals surface area contributed by atoms with Crippen molar-refractivity contribution in [2.45, 2.75) is 6.54 Å². The van der Waals surface area contributed by atoms with Gasteiger partial charge in [-0.25, -0.2) is 0 Å². The molecule has 0 saturated carbocycles. The number of anilines is 1. The number of nitrogens with two attached hydrogens (primary N) is 1. The van der Waals surface area contributed by atoms with Crippen LogP contribution in [0.5, 0.6) is 11.5 Å². The van der Waals surface area contributed by atoms with Gasteiger partial charge in [0.2, 0.25) is 0 Å². The number of benzene rings is 1. The van der Waals surface area contributed by atoms with Crippen LogP contribution in [0.1, 0.15) is 16.1 Å². The molecule has 7 nitrogen and oxygen atoms in total. The fraction of sp³-hybridized carbons (Fsp3) is 0.286. The third kappa shape index (κ3) is 2.62. The number of amides is 1. The van der Waals surface area contributed by atoms with Crippen LogP contribution in [0.15, 0.2) is 24.4 Å². The molecule has 0 atom stereocenters. The van der Waals surface area contributed by atoms with Gasteiger partial charge < -0.3 is 20.1 Å². The highest BCUT2D eigenvalue weighted by atomic mass is 16.6. The van der Waals surface area contributed by atoms with E-state index in [-0.39, 0.29) is 5.91 Å². The number of H-pyrrole nitrogens is 1. The van der Waals surface area contributed by atoms with Gasteiger partial charge in [-0.3, -0.25) is 9.89 Å². The summed E-state index contributed by atoms with van der Waals surface area (Å²) >= 11 is 0. The second kappa shape index (κ2) is 5.35. The average molecular weight is 288 g/mol. The van der Waals surface area contributed by atoms with Crippen LogP contribution in [-0.2, 0) is 6.54 Å². The Balaban J connectivity index is 1.74. The van der Waals surface area contributed by atoms with Crippen LogP contribution in [0.2, 0.25) is 0 Å². The fourth-order valence-electron chi connectivity index (χ4n) is 2.19. The van der Waals surface area contributed by atoms with Crippen molar-refractivity contribution in [3.8, 4) is 11.5 Å². The number of aromatic nitrogens is 2. The maximum Gasteiger partial charge on any atom is 0.274 e. The van der Waals surface area contributed by atoms with Crippen molar-refractivity contribution in [1.29, 1.82) is 0 Å². The number of aromatic amines is 1. The number of hydrogen-bond donors (Lipinski definition) is 2. The van der Waals surface area contributed by atoms with E-state index in [9.17, 15) is 4.79 Å². The van der Waals surface area contributed by atoms with E-state index in [1.165, 1.54) is 6.20 Å². The number of ether oxygens (including phenoxy) is 2. The molecule has 3 N–H and O–H groups in total. The summed E-state index contributed by atoms with van der Waals surface area (Å²) in [7, 11) is 1.71. The summed E-state index contributed by atoms with van der Waals surface area (Å²) in [5.74, 6) is 1.23. The molecule has 0 unspecified atom stereocenters. The minimum atomic E-state index is -0.208. The number of fused-ring (bicyclic) bond motifs is 1. The van der Waals surface area contributed by atoms with Crippen LogP contribution >= 0.6 is 0 Å². The second-order valence-electron chi connectivity index (χ2n) is 4.84. The Bertz CT molecular complexity index is 668. The average Bonchev–Trinajstić information content (AvgIpc) is 2.92. The zero-order valence-electron chi connectivity index (χ0n) is 11.6. The molecule has 1 aliphatic rings. The first-order valence-electron chi connectivity index (χ1n) is 6.58. The summed E-state index contributed by atoms with van der Waals surface area (Å²) in [6.45, 7) is 1.54. The fourth-order valence-corrected chi connectivity index (χ4v) is 2.19. The van der Waals surface area contributed by atoms with Gasteiger partial charge in [-0.05, 0) is 17.7 Å². The normalized spacial score (nSPS) is 13.0. The van der Waals surface area contributed by atoms with Crippen molar-refractivity contribution in [1.82, 2.24) is 15.1 Å². The van der Waals surface area contributed by atoms with Crippen molar-refractivity contribution in [2.75, 3.05) is 26.0 Å². The Morgan fingerprint density at radius 3 is 2.86 bits per heavy atom. The number of nitrogen functional groups attached to an aromatic ring is 1. The van der Waals surface area contributed by atoms with Crippen molar-refractivity contribution in [2.24, 2.45) is 0 Å². The zero-order chi connectivity index (χ0) is 14.8. The van der Waals surface area contributed by atoms with Crippen LogP contribution in [0, 0.1) is 0 Å². The molecule has 0 spiro atoms. The highest BCUT2D eigenvalue weighted by Crippen LogP contribution is 2.31. The van der Waals surface area contributed by atoms with Gasteiger partial charge in [-0.15, -0.1) is 0 Å². The topological polar surface area (TPSA) is 93.5 Å². The lowest BCUT2D eigenvalue weighted by Crippen LogP contribution is -2.27. The van der Waals surface area contributed by atoms with Gasteiger partial charge in [0.1, 0.15) is 18.9 Å². The van der Waals surface area contributed by atoms with E-state index >= 15 is 0 Å². The molecule has 1 aliphatic heterocycles. The lowest BCUT2D eigenvalue weighted by Gasteiger charge is -2.21. The standard InChI is InChI=1S/C14H16N4O3/c1-18(14(19)13-10(15)7-16-17-13)8-9-2-3-11-12(6-9)21-5-4-20-11/h2-3,6-7H,4-5,8,15H2,1H3,(H,16,17). The molecule has 1 aromatic carbocycles. The summed E-state index contributed by atoms with van der Waals surface area (Å²) in [6.07, 6.45) is 1.42. The van der Waals surface area contributed by atoms with Crippen LogP contribution in [0.4, 0.5) is 5.69 Å². The van der Waals surface area contributed by atoms with E-state index in [4.69, 9.17) is 15.2 Å². The minimum Gasteiger partial charge on any atom is -0.486 e. The molecule has 0 fully saturated rings. The molecule has 2 aromatic rings. The smallest absolute Gasteiger partial charge is 0.274 e. The number of hydrogen-bond acceptors (Lipinski definition) is 5. The Morgan fingerprint density at radius 2 is 2.14 bits per heavy atom. The molecule has 0 radical (unpaired) electrons. The molecule has 110 valence electrons. The van der Waals surface area contributed by atoms with E-state index in [2.05, 4.69) is 10.2 Å². The summed E-state index contributed by atoms with van der Waals surface area (Å²) in [5.41, 5.74) is 7.28. The van der Waals surface area contributed by atoms with Gasteiger partial charge in [0.15, 0.2) is 11.5 Å². The summed E-state index contributed by atoms with van der Waals surface area (Å²) in [4.78, 5) is 13.8. The molecule has 1 amide bonds. The largest absolute Gasteiger partial charge is 0.486 e. The molecule has 7 heteroatoms. The summed E-state index contributed by atoms with van der Waals surface area (Å²) in [5, 5.41) is 6.37. The molecule has 0 aliphatic carbocycles. The number of carbonyl (C=O) groups is 1. The number of nitrogens with zero attached hydrogens (tertiary/aromatic N) is 2. The first-order valence-corrected chi connectivity index (χ1v) is 6.58. The van der Waals surface area contributed by atoms with Gasteiger partial charge in [0.05, 0.1) is 11.9 Å². The monoisotopic (exact) mass is 288 g/mol.